The van der Waals surface area contributed by atoms with Crippen LogP contribution < -0.4 is 0 Å². The first kappa shape index (κ1) is 14.7. The van der Waals surface area contributed by atoms with E-state index in [0.29, 0.717) is 11.8 Å². The molecule has 0 heterocycles. The van der Waals surface area contributed by atoms with E-state index < -0.39 is 22.4 Å². The molecular formula is C5H6BrN3O6S. The summed E-state index contributed by atoms with van der Waals surface area (Å²) in [5.41, 5.74) is 0. The fourth-order valence-electron chi connectivity index (χ4n) is 0.742. The standard InChI is InChI=1S/C5H6BrN3O6S/c6-1-4(14-8(10)11)5(2-16-3-7)15-9(12)13/h4-5H,1-2H2. The summed E-state index contributed by atoms with van der Waals surface area (Å²) in [7, 11) is 0. The molecule has 9 nitrogen and oxygen atoms in total. The van der Waals surface area contributed by atoms with Crippen LogP contribution in [-0.2, 0) is 9.68 Å². The molecule has 0 spiro atoms. The highest BCUT2D eigenvalue weighted by atomic mass is 79.9. The summed E-state index contributed by atoms with van der Waals surface area (Å²) in [6, 6.07) is 0. The van der Waals surface area contributed by atoms with Crippen molar-refractivity contribution in [1.82, 2.24) is 0 Å². The maximum Gasteiger partial charge on any atom is 0.294 e. The monoisotopic (exact) mass is 315 g/mol. The summed E-state index contributed by atoms with van der Waals surface area (Å²) < 4.78 is 0. The van der Waals surface area contributed by atoms with Gasteiger partial charge < -0.3 is 9.68 Å². The second-order valence-electron chi connectivity index (χ2n) is 2.29. The molecule has 0 amide bonds. The molecule has 0 radical (unpaired) electrons. The number of nitriles is 1. The van der Waals surface area contributed by atoms with E-state index in [-0.39, 0.29) is 11.1 Å². The Hall–Kier alpha value is -1.28. The molecule has 0 saturated heterocycles. The Kier molecular flexibility index (Phi) is 7.31. The lowest BCUT2D eigenvalue weighted by Gasteiger charge is -2.20. The van der Waals surface area contributed by atoms with E-state index >= 15 is 0 Å². The highest BCUT2D eigenvalue weighted by molar-refractivity contribution is 9.09. The molecular weight excluding hydrogens is 310 g/mol. The Balaban J connectivity index is 4.48. The molecule has 90 valence electrons. The lowest BCUT2D eigenvalue weighted by Crippen LogP contribution is -2.38. The molecule has 2 atom stereocenters. The first-order valence-corrected chi connectivity index (χ1v) is 5.81. The first-order chi connectivity index (χ1) is 7.51. The zero-order chi connectivity index (χ0) is 12.6. The topological polar surface area (TPSA) is 129 Å². The van der Waals surface area contributed by atoms with E-state index in [1.165, 1.54) is 0 Å². The van der Waals surface area contributed by atoms with Crippen molar-refractivity contribution in [3.05, 3.63) is 20.2 Å². The van der Waals surface area contributed by atoms with Gasteiger partial charge in [0.05, 0.1) is 0 Å². The average molecular weight is 316 g/mol. The zero-order valence-corrected chi connectivity index (χ0v) is 10.0. The number of halogens is 1. The molecule has 0 rings (SSSR count). The lowest BCUT2D eigenvalue weighted by atomic mass is 10.3. The number of thioether (sulfide) groups is 1. The van der Waals surface area contributed by atoms with Gasteiger partial charge in [-0.3, -0.25) is 0 Å². The molecule has 0 aromatic carbocycles. The SMILES string of the molecule is N#CSCC(O[N+](=O)[O-])C(CBr)O[N+](=O)[O-]. The van der Waals surface area contributed by atoms with Gasteiger partial charge in [-0.15, -0.1) is 20.2 Å². The van der Waals surface area contributed by atoms with Gasteiger partial charge in [0, 0.05) is 11.1 Å². The highest BCUT2D eigenvalue weighted by Crippen LogP contribution is 2.13. The van der Waals surface area contributed by atoms with Crippen molar-refractivity contribution >= 4 is 27.7 Å². The summed E-state index contributed by atoms with van der Waals surface area (Å²) in [6.45, 7) is 0. The van der Waals surface area contributed by atoms with Gasteiger partial charge >= 0.3 is 0 Å². The number of alkyl halides is 1. The molecule has 0 aliphatic heterocycles. The Morgan fingerprint density at radius 3 is 2.19 bits per heavy atom. The molecule has 11 heteroatoms. The van der Waals surface area contributed by atoms with Crippen LogP contribution in [0.4, 0.5) is 0 Å². The summed E-state index contributed by atoms with van der Waals surface area (Å²) in [6.07, 6.45) is -2.34. The van der Waals surface area contributed by atoms with E-state index in [9.17, 15) is 20.2 Å². The summed E-state index contributed by atoms with van der Waals surface area (Å²) in [4.78, 5) is 28.6. The van der Waals surface area contributed by atoms with Crippen molar-refractivity contribution in [2.45, 2.75) is 12.2 Å². The summed E-state index contributed by atoms with van der Waals surface area (Å²) >= 11 is 3.58. The smallest absolute Gasteiger partial charge is 0.294 e. The van der Waals surface area contributed by atoms with E-state index in [0.717, 1.165) is 0 Å². The minimum Gasteiger partial charge on any atom is -0.307 e. The van der Waals surface area contributed by atoms with Crippen LogP contribution >= 0.6 is 27.7 Å². The maximum absolute atomic E-state index is 10.1. The number of hydrogen-bond acceptors (Lipinski definition) is 8. The third-order valence-electron chi connectivity index (χ3n) is 1.32. The fraction of sp³-hybridized carbons (Fsp3) is 0.800. The van der Waals surface area contributed by atoms with Gasteiger partial charge in [0.25, 0.3) is 10.2 Å². The summed E-state index contributed by atoms with van der Waals surface area (Å²) in [5, 5.41) is 28.0. The van der Waals surface area contributed by atoms with Crippen LogP contribution in [0.25, 0.3) is 0 Å². The minimum atomic E-state index is -1.19. The molecule has 0 aliphatic rings. The third-order valence-corrected chi connectivity index (χ3v) is 2.58. The van der Waals surface area contributed by atoms with Crippen LogP contribution in [0.2, 0.25) is 0 Å². The van der Waals surface area contributed by atoms with Crippen LogP contribution in [0.15, 0.2) is 0 Å². The van der Waals surface area contributed by atoms with Crippen molar-refractivity contribution in [2.24, 2.45) is 0 Å². The largest absolute Gasteiger partial charge is 0.307 e. The predicted octanol–water partition coefficient (Wildman–Crippen LogP) is 0.749. The summed E-state index contributed by atoms with van der Waals surface area (Å²) in [5.74, 6) is -0.110. The zero-order valence-electron chi connectivity index (χ0n) is 7.65. The van der Waals surface area contributed by atoms with Gasteiger partial charge in [0.1, 0.15) is 17.6 Å². The quantitative estimate of drug-likeness (QED) is 0.277. The van der Waals surface area contributed by atoms with Crippen molar-refractivity contribution in [3.8, 4) is 5.40 Å². The van der Waals surface area contributed by atoms with Crippen LogP contribution in [0, 0.1) is 30.9 Å². The molecule has 16 heavy (non-hydrogen) atoms. The van der Waals surface area contributed by atoms with Crippen molar-refractivity contribution in [2.75, 3.05) is 11.1 Å². The van der Waals surface area contributed by atoms with E-state index in [1.54, 1.807) is 5.40 Å². The molecule has 0 saturated carbocycles. The van der Waals surface area contributed by atoms with Crippen molar-refractivity contribution in [3.63, 3.8) is 0 Å². The lowest BCUT2D eigenvalue weighted by molar-refractivity contribution is -0.796. The highest BCUT2D eigenvalue weighted by Gasteiger charge is 2.27. The van der Waals surface area contributed by atoms with Crippen LogP contribution in [0.1, 0.15) is 0 Å². The Morgan fingerprint density at radius 2 is 1.81 bits per heavy atom. The minimum absolute atomic E-state index is 0.0293. The van der Waals surface area contributed by atoms with Gasteiger partial charge in [-0.25, -0.2) is 0 Å². The van der Waals surface area contributed by atoms with E-state index in [2.05, 4.69) is 25.6 Å². The second kappa shape index (κ2) is 7.94. The number of hydrogen-bond donors (Lipinski definition) is 0. The molecule has 0 aromatic rings. The molecule has 0 fully saturated rings. The molecule has 0 aromatic heterocycles. The molecule has 0 bridgehead atoms. The van der Waals surface area contributed by atoms with Gasteiger partial charge in [-0.1, -0.05) is 15.9 Å². The number of nitrogens with zero attached hydrogens (tertiary/aromatic N) is 3. The first-order valence-electron chi connectivity index (χ1n) is 3.70. The fourth-order valence-corrected chi connectivity index (χ4v) is 1.79. The van der Waals surface area contributed by atoms with E-state index in [4.69, 9.17) is 5.26 Å². The van der Waals surface area contributed by atoms with Crippen molar-refractivity contribution in [1.29, 1.82) is 5.26 Å². The average Bonchev–Trinajstić information content (AvgIpc) is 2.20. The predicted molar refractivity (Wildman–Crippen MR) is 55.6 cm³/mol. The maximum atomic E-state index is 10.1. The van der Waals surface area contributed by atoms with Crippen LogP contribution in [-0.4, -0.2) is 33.5 Å². The Labute approximate surface area is 102 Å². The third kappa shape index (κ3) is 6.25. The van der Waals surface area contributed by atoms with Crippen LogP contribution in [0.5, 0.6) is 0 Å². The van der Waals surface area contributed by atoms with Crippen molar-refractivity contribution < 1.29 is 19.8 Å². The number of thiocyanates is 1. The Bertz CT molecular complexity index is 296. The normalized spacial score (nSPS) is 13.2. The Morgan fingerprint density at radius 1 is 1.31 bits per heavy atom. The molecule has 2 unspecified atom stereocenters. The van der Waals surface area contributed by atoms with Gasteiger partial charge in [0.15, 0.2) is 0 Å². The number of rotatable bonds is 8. The second-order valence-corrected chi connectivity index (χ2v) is 3.74. The van der Waals surface area contributed by atoms with Gasteiger partial charge in [-0.05, 0) is 11.8 Å². The molecule has 0 N–H and O–H groups in total. The molecule has 0 aliphatic carbocycles. The van der Waals surface area contributed by atoms with Gasteiger partial charge in [-0.2, -0.15) is 5.26 Å². The van der Waals surface area contributed by atoms with Crippen LogP contribution in [0.3, 0.4) is 0 Å². The van der Waals surface area contributed by atoms with Gasteiger partial charge in [0.2, 0.25) is 0 Å². The van der Waals surface area contributed by atoms with E-state index in [1.807, 2.05) is 0 Å².